The summed E-state index contributed by atoms with van der Waals surface area (Å²) in [5.74, 6) is 4.37. The highest BCUT2D eigenvalue weighted by molar-refractivity contribution is 5.88. The molecular formula is C12H23N3O2. The number of carbonyl (C=O) groups excluding carboxylic acids is 1. The third-order valence-electron chi connectivity index (χ3n) is 2.48. The van der Waals surface area contributed by atoms with Gasteiger partial charge < -0.3 is 4.74 Å². The Hall–Kier alpha value is -1.09. The molecule has 0 fully saturated rings. The Kier molecular flexibility index (Phi) is 6.18. The van der Waals surface area contributed by atoms with Gasteiger partial charge in [0, 0.05) is 5.92 Å². The first-order chi connectivity index (χ1) is 7.78. The average Bonchev–Trinajstić information content (AvgIpc) is 2.17. The van der Waals surface area contributed by atoms with Gasteiger partial charge in [-0.2, -0.15) is 0 Å². The molecule has 0 radical (unpaired) electrons. The normalized spacial score (nSPS) is 11.6. The Labute approximate surface area is 104 Å². The van der Waals surface area contributed by atoms with Crippen LogP contribution < -0.4 is 0 Å². The van der Waals surface area contributed by atoms with Gasteiger partial charge in [-0.3, -0.25) is 14.7 Å². The molecule has 0 heterocycles. The van der Waals surface area contributed by atoms with Crippen molar-refractivity contribution in [1.29, 1.82) is 0 Å². The smallest absolute Gasteiger partial charge is 0.384 e. The Bertz CT molecular complexity index is 292. The third-order valence-corrected chi connectivity index (χ3v) is 2.48. The van der Waals surface area contributed by atoms with Gasteiger partial charge in [0.15, 0.2) is 5.79 Å². The molecule has 0 aliphatic carbocycles. The number of hydrogen-bond donors (Lipinski definition) is 0. The molecule has 0 bridgehead atoms. The van der Waals surface area contributed by atoms with Gasteiger partial charge in [-0.1, -0.05) is 0 Å². The maximum atomic E-state index is 11.3. The van der Waals surface area contributed by atoms with Gasteiger partial charge in [0.25, 0.3) is 0 Å². The van der Waals surface area contributed by atoms with Crippen LogP contribution in [0.5, 0.6) is 0 Å². The minimum absolute atomic E-state index is 0.340. The maximum Gasteiger partial charge on any atom is 0.384 e. The van der Waals surface area contributed by atoms with E-state index in [4.69, 9.17) is 4.74 Å². The van der Waals surface area contributed by atoms with Crippen LogP contribution in [-0.4, -0.2) is 75.3 Å². The summed E-state index contributed by atoms with van der Waals surface area (Å²) in [4.78, 5) is 17.1. The first kappa shape index (κ1) is 15.9. The molecule has 0 aromatic rings. The van der Waals surface area contributed by atoms with E-state index in [9.17, 15) is 4.79 Å². The molecule has 0 atom stereocenters. The van der Waals surface area contributed by atoms with E-state index < -0.39 is 11.8 Å². The Morgan fingerprint density at radius 1 is 1.06 bits per heavy atom. The van der Waals surface area contributed by atoms with Crippen molar-refractivity contribution in [3.05, 3.63) is 0 Å². The van der Waals surface area contributed by atoms with Gasteiger partial charge >= 0.3 is 5.97 Å². The number of rotatable bonds is 4. The fraction of sp³-hybridized carbons (Fsp3) is 0.750. The standard InChI is InChI=1S/C12H23N3O2/c1-8-17-11(16)9-10-12(13(2)3,14(4)5)15(6)7/h8H2,1-7H3. The highest BCUT2D eigenvalue weighted by Crippen LogP contribution is 2.16. The number of nitrogens with zero attached hydrogens (tertiary/aromatic N) is 3. The lowest BCUT2D eigenvalue weighted by atomic mass is 10.2. The quantitative estimate of drug-likeness (QED) is 0.297. The second kappa shape index (κ2) is 6.60. The molecule has 0 unspecified atom stereocenters. The first-order valence-corrected chi connectivity index (χ1v) is 5.51. The maximum absolute atomic E-state index is 11.3. The van der Waals surface area contributed by atoms with Crippen molar-refractivity contribution < 1.29 is 9.53 Å². The highest BCUT2D eigenvalue weighted by atomic mass is 16.5. The number of esters is 1. The predicted molar refractivity (Wildman–Crippen MR) is 68.2 cm³/mol. The largest absolute Gasteiger partial charge is 0.456 e. The van der Waals surface area contributed by atoms with Crippen LogP contribution in [0.2, 0.25) is 0 Å². The van der Waals surface area contributed by atoms with E-state index >= 15 is 0 Å². The predicted octanol–water partition coefficient (Wildman–Crippen LogP) is -0.108. The number of ether oxygens (including phenoxy) is 1. The molecule has 0 N–H and O–H groups in total. The summed E-state index contributed by atoms with van der Waals surface area (Å²) >= 11 is 0. The molecule has 0 amide bonds. The molecule has 0 aromatic carbocycles. The molecule has 98 valence electrons. The highest BCUT2D eigenvalue weighted by Gasteiger charge is 2.36. The molecule has 0 aromatic heterocycles. The SMILES string of the molecule is CCOC(=O)C#CC(N(C)C)(N(C)C)N(C)C. The van der Waals surface area contributed by atoms with Gasteiger partial charge in [0.05, 0.1) is 6.61 Å². The van der Waals surface area contributed by atoms with Crippen LogP contribution >= 0.6 is 0 Å². The lowest BCUT2D eigenvalue weighted by molar-refractivity contribution is -0.136. The number of carbonyl (C=O) groups is 1. The fourth-order valence-electron chi connectivity index (χ4n) is 1.84. The molecule has 17 heavy (non-hydrogen) atoms. The van der Waals surface area contributed by atoms with Crippen LogP contribution in [0.4, 0.5) is 0 Å². The van der Waals surface area contributed by atoms with E-state index in [1.165, 1.54) is 0 Å². The summed E-state index contributed by atoms with van der Waals surface area (Å²) in [7, 11) is 11.5. The van der Waals surface area contributed by atoms with Crippen LogP contribution in [0.25, 0.3) is 0 Å². The minimum atomic E-state index is -0.632. The molecule has 0 spiro atoms. The molecular weight excluding hydrogens is 218 g/mol. The first-order valence-electron chi connectivity index (χ1n) is 5.51. The molecule has 0 aliphatic rings. The molecule has 0 saturated carbocycles. The Morgan fingerprint density at radius 2 is 1.47 bits per heavy atom. The molecule has 5 heteroatoms. The summed E-state index contributed by atoms with van der Waals surface area (Å²) in [5.41, 5.74) is 0. The van der Waals surface area contributed by atoms with Crippen LogP contribution in [0, 0.1) is 11.8 Å². The summed E-state index contributed by atoms with van der Waals surface area (Å²) in [6.07, 6.45) is 0. The van der Waals surface area contributed by atoms with E-state index in [1.807, 2.05) is 57.0 Å². The van der Waals surface area contributed by atoms with E-state index in [0.29, 0.717) is 6.61 Å². The summed E-state index contributed by atoms with van der Waals surface area (Å²) in [6, 6.07) is 0. The van der Waals surface area contributed by atoms with Crippen molar-refractivity contribution in [2.45, 2.75) is 12.7 Å². The molecule has 0 rings (SSSR count). The second-order valence-electron chi connectivity index (χ2n) is 4.29. The van der Waals surface area contributed by atoms with Crippen molar-refractivity contribution in [2.75, 3.05) is 48.9 Å². The van der Waals surface area contributed by atoms with Gasteiger partial charge in [-0.15, -0.1) is 0 Å². The van der Waals surface area contributed by atoms with Crippen LogP contribution in [0.15, 0.2) is 0 Å². The fourth-order valence-corrected chi connectivity index (χ4v) is 1.84. The topological polar surface area (TPSA) is 36.0 Å². The van der Waals surface area contributed by atoms with E-state index in [0.717, 1.165) is 0 Å². The summed E-state index contributed by atoms with van der Waals surface area (Å²) in [5, 5.41) is 0. The average molecular weight is 241 g/mol. The Morgan fingerprint density at radius 3 is 1.76 bits per heavy atom. The van der Waals surface area contributed by atoms with E-state index in [-0.39, 0.29) is 0 Å². The summed E-state index contributed by atoms with van der Waals surface area (Å²) < 4.78 is 4.81. The van der Waals surface area contributed by atoms with Crippen LogP contribution in [-0.2, 0) is 9.53 Å². The van der Waals surface area contributed by atoms with Crippen molar-refractivity contribution in [1.82, 2.24) is 14.7 Å². The zero-order valence-electron chi connectivity index (χ0n) is 11.9. The zero-order valence-corrected chi connectivity index (χ0v) is 11.9. The van der Waals surface area contributed by atoms with Crippen molar-refractivity contribution in [3.63, 3.8) is 0 Å². The van der Waals surface area contributed by atoms with Crippen LogP contribution in [0.1, 0.15) is 6.92 Å². The lowest BCUT2D eigenvalue weighted by Gasteiger charge is -2.45. The van der Waals surface area contributed by atoms with E-state index in [2.05, 4.69) is 11.8 Å². The van der Waals surface area contributed by atoms with E-state index in [1.54, 1.807) is 6.92 Å². The van der Waals surface area contributed by atoms with Gasteiger partial charge in [-0.25, -0.2) is 4.79 Å². The van der Waals surface area contributed by atoms with Crippen LogP contribution in [0.3, 0.4) is 0 Å². The second-order valence-corrected chi connectivity index (χ2v) is 4.29. The molecule has 0 saturated heterocycles. The monoisotopic (exact) mass is 241 g/mol. The zero-order chi connectivity index (χ0) is 13.6. The van der Waals surface area contributed by atoms with Gasteiger partial charge in [0.2, 0.25) is 0 Å². The Balaban J connectivity index is 5.26. The summed E-state index contributed by atoms with van der Waals surface area (Å²) in [6.45, 7) is 2.10. The van der Waals surface area contributed by atoms with Crippen molar-refractivity contribution in [3.8, 4) is 11.8 Å². The van der Waals surface area contributed by atoms with Gasteiger partial charge in [0.1, 0.15) is 0 Å². The van der Waals surface area contributed by atoms with Crippen molar-refractivity contribution in [2.24, 2.45) is 0 Å². The van der Waals surface area contributed by atoms with Gasteiger partial charge in [-0.05, 0) is 55.1 Å². The minimum Gasteiger partial charge on any atom is -0.456 e. The lowest BCUT2D eigenvalue weighted by Crippen LogP contribution is -2.63. The molecule has 0 aliphatic heterocycles. The van der Waals surface area contributed by atoms with Crippen molar-refractivity contribution >= 4 is 5.97 Å². The molecule has 5 nitrogen and oxygen atoms in total. The third kappa shape index (κ3) is 3.70. The number of hydrogen-bond acceptors (Lipinski definition) is 5.